The molecule has 1 aliphatic rings. The Labute approximate surface area is 89.9 Å². The minimum atomic E-state index is 0.247. The van der Waals surface area contributed by atoms with Crippen LogP contribution in [-0.2, 0) is 17.7 Å². The van der Waals surface area contributed by atoms with Crippen molar-refractivity contribution in [2.24, 2.45) is 0 Å². The Morgan fingerprint density at radius 1 is 1.60 bits per heavy atom. The van der Waals surface area contributed by atoms with Crippen molar-refractivity contribution < 1.29 is 9.84 Å². The largest absolute Gasteiger partial charge is 0.396 e. The molecule has 1 N–H and O–H groups in total. The minimum absolute atomic E-state index is 0.247. The maximum Gasteiger partial charge on any atom is 0.0771 e. The molecule has 15 heavy (non-hydrogen) atoms. The molecule has 0 unspecified atom stereocenters. The van der Waals surface area contributed by atoms with Crippen LogP contribution in [0.4, 0.5) is 0 Å². The van der Waals surface area contributed by atoms with Crippen LogP contribution in [0.2, 0.25) is 0 Å². The van der Waals surface area contributed by atoms with Crippen LogP contribution < -0.4 is 0 Å². The number of nitrogens with zero attached hydrogens (tertiary/aromatic N) is 2. The van der Waals surface area contributed by atoms with E-state index >= 15 is 0 Å². The maximum absolute atomic E-state index is 8.72. The fraction of sp³-hybridized carbons (Fsp3) is 0.727. The lowest BCUT2D eigenvalue weighted by atomic mass is 10.2. The van der Waals surface area contributed by atoms with Crippen molar-refractivity contribution in [1.82, 2.24) is 9.78 Å². The molecule has 4 heteroatoms. The predicted octanol–water partition coefficient (Wildman–Crippen LogP) is 0.987. The minimum Gasteiger partial charge on any atom is -0.396 e. The van der Waals surface area contributed by atoms with Gasteiger partial charge >= 0.3 is 0 Å². The quantitative estimate of drug-likeness (QED) is 0.788. The summed E-state index contributed by atoms with van der Waals surface area (Å²) in [6.45, 7) is 2.00. The van der Waals surface area contributed by atoms with Crippen LogP contribution in [0.1, 0.15) is 24.8 Å². The van der Waals surface area contributed by atoms with E-state index in [2.05, 4.69) is 11.3 Å². The van der Waals surface area contributed by atoms with Gasteiger partial charge in [-0.05, 0) is 31.2 Å². The van der Waals surface area contributed by atoms with Crippen molar-refractivity contribution in [2.45, 2.75) is 38.3 Å². The van der Waals surface area contributed by atoms with Gasteiger partial charge < -0.3 is 9.84 Å². The normalized spacial score (nSPS) is 21.0. The number of hydrogen-bond acceptors (Lipinski definition) is 3. The van der Waals surface area contributed by atoms with Gasteiger partial charge in [0, 0.05) is 19.4 Å². The first-order valence-corrected chi connectivity index (χ1v) is 5.62. The van der Waals surface area contributed by atoms with E-state index in [-0.39, 0.29) is 6.61 Å². The van der Waals surface area contributed by atoms with Crippen LogP contribution in [0, 0.1) is 0 Å². The Hall–Kier alpha value is -0.870. The SMILES string of the molecule is OCCCc1cnn(C[C@H]2CCCO2)c1. The van der Waals surface area contributed by atoms with E-state index in [9.17, 15) is 0 Å². The highest BCUT2D eigenvalue weighted by Crippen LogP contribution is 2.14. The molecule has 1 aromatic heterocycles. The molecular formula is C11H18N2O2. The molecular weight excluding hydrogens is 192 g/mol. The fourth-order valence-electron chi connectivity index (χ4n) is 1.92. The predicted molar refractivity (Wildman–Crippen MR) is 56.6 cm³/mol. The molecule has 1 aromatic rings. The van der Waals surface area contributed by atoms with Gasteiger partial charge in [0.1, 0.15) is 0 Å². The number of aryl methyl sites for hydroxylation is 1. The van der Waals surface area contributed by atoms with Gasteiger partial charge in [0.2, 0.25) is 0 Å². The molecule has 4 nitrogen and oxygen atoms in total. The van der Waals surface area contributed by atoms with Crippen molar-refractivity contribution in [1.29, 1.82) is 0 Å². The van der Waals surface area contributed by atoms with Crippen LogP contribution >= 0.6 is 0 Å². The molecule has 0 amide bonds. The number of rotatable bonds is 5. The van der Waals surface area contributed by atoms with Gasteiger partial charge in [0.25, 0.3) is 0 Å². The average Bonchev–Trinajstić information content (AvgIpc) is 2.87. The van der Waals surface area contributed by atoms with Crippen LogP contribution in [0.25, 0.3) is 0 Å². The third-order valence-corrected chi connectivity index (χ3v) is 2.72. The molecule has 1 atom stereocenters. The van der Waals surface area contributed by atoms with Crippen molar-refractivity contribution in [2.75, 3.05) is 13.2 Å². The molecule has 1 fully saturated rings. The van der Waals surface area contributed by atoms with Crippen molar-refractivity contribution in [3.63, 3.8) is 0 Å². The fourth-order valence-corrected chi connectivity index (χ4v) is 1.92. The zero-order valence-electron chi connectivity index (χ0n) is 8.93. The van der Waals surface area contributed by atoms with Crippen molar-refractivity contribution >= 4 is 0 Å². The second kappa shape index (κ2) is 5.28. The Kier molecular flexibility index (Phi) is 3.75. The van der Waals surface area contributed by atoms with Crippen molar-refractivity contribution in [3.8, 4) is 0 Å². The number of aliphatic hydroxyl groups is 1. The molecule has 1 saturated heterocycles. The average molecular weight is 210 g/mol. The lowest BCUT2D eigenvalue weighted by molar-refractivity contribution is 0.0940. The summed E-state index contributed by atoms with van der Waals surface area (Å²) in [6, 6.07) is 0. The summed E-state index contributed by atoms with van der Waals surface area (Å²) in [5.74, 6) is 0. The Morgan fingerprint density at radius 2 is 2.53 bits per heavy atom. The van der Waals surface area contributed by atoms with E-state index in [0.29, 0.717) is 6.10 Å². The van der Waals surface area contributed by atoms with E-state index < -0.39 is 0 Å². The molecule has 0 aliphatic carbocycles. The molecule has 2 heterocycles. The van der Waals surface area contributed by atoms with Gasteiger partial charge in [-0.3, -0.25) is 4.68 Å². The van der Waals surface area contributed by atoms with Gasteiger partial charge in [0.15, 0.2) is 0 Å². The second-order valence-electron chi connectivity index (χ2n) is 4.03. The van der Waals surface area contributed by atoms with Crippen LogP contribution in [0.3, 0.4) is 0 Å². The third kappa shape index (κ3) is 3.04. The number of hydrogen-bond donors (Lipinski definition) is 1. The Bertz CT molecular complexity index is 293. The van der Waals surface area contributed by atoms with Crippen LogP contribution in [-0.4, -0.2) is 34.2 Å². The molecule has 2 rings (SSSR count). The number of aromatic nitrogens is 2. The highest BCUT2D eigenvalue weighted by Gasteiger charge is 2.16. The van der Waals surface area contributed by atoms with E-state index in [4.69, 9.17) is 9.84 Å². The highest BCUT2D eigenvalue weighted by atomic mass is 16.5. The summed E-state index contributed by atoms with van der Waals surface area (Å²) >= 11 is 0. The topological polar surface area (TPSA) is 47.3 Å². The monoisotopic (exact) mass is 210 g/mol. The van der Waals surface area contributed by atoms with E-state index in [1.165, 1.54) is 12.0 Å². The zero-order chi connectivity index (χ0) is 10.5. The van der Waals surface area contributed by atoms with E-state index in [1.54, 1.807) is 0 Å². The summed E-state index contributed by atoms with van der Waals surface area (Å²) in [5, 5.41) is 13.0. The number of aliphatic hydroxyl groups excluding tert-OH is 1. The van der Waals surface area contributed by atoms with Crippen LogP contribution in [0.5, 0.6) is 0 Å². The molecule has 0 bridgehead atoms. The summed E-state index contributed by atoms with van der Waals surface area (Å²) < 4.78 is 7.49. The van der Waals surface area contributed by atoms with Gasteiger partial charge in [0.05, 0.1) is 18.8 Å². The van der Waals surface area contributed by atoms with Crippen LogP contribution in [0.15, 0.2) is 12.4 Å². The summed E-state index contributed by atoms with van der Waals surface area (Å²) in [5.41, 5.74) is 1.20. The first-order valence-electron chi connectivity index (χ1n) is 5.62. The van der Waals surface area contributed by atoms with Gasteiger partial charge in [-0.25, -0.2) is 0 Å². The highest BCUT2D eigenvalue weighted by molar-refractivity contribution is 5.03. The van der Waals surface area contributed by atoms with Gasteiger partial charge in [-0.2, -0.15) is 5.10 Å². The Morgan fingerprint density at radius 3 is 3.27 bits per heavy atom. The molecule has 0 aromatic carbocycles. The van der Waals surface area contributed by atoms with E-state index in [0.717, 1.165) is 32.4 Å². The smallest absolute Gasteiger partial charge is 0.0771 e. The number of ether oxygens (including phenoxy) is 1. The Balaban J connectivity index is 1.83. The molecule has 0 radical (unpaired) electrons. The summed E-state index contributed by atoms with van der Waals surface area (Å²) in [4.78, 5) is 0. The molecule has 1 aliphatic heterocycles. The maximum atomic E-state index is 8.72. The first-order chi connectivity index (χ1) is 7.38. The third-order valence-electron chi connectivity index (χ3n) is 2.72. The lowest BCUT2D eigenvalue weighted by Crippen LogP contribution is -2.15. The van der Waals surface area contributed by atoms with Gasteiger partial charge in [-0.1, -0.05) is 0 Å². The zero-order valence-corrected chi connectivity index (χ0v) is 8.93. The molecule has 0 spiro atoms. The van der Waals surface area contributed by atoms with Crippen molar-refractivity contribution in [3.05, 3.63) is 18.0 Å². The molecule has 84 valence electrons. The standard InChI is InChI=1S/C11H18N2O2/c14-5-1-3-10-7-12-13(8-10)9-11-4-2-6-15-11/h7-8,11,14H,1-6,9H2/t11-/m1/s1. The first kappa shape index (κ1) is 10.6. The van der Waals surface area contributed by atoms with E-state index in [1.807, 2.05) is 10.9 Å². The summed E-state index contributed by atoms with van der Waals surface area (Å²) in [7, 11) is 0. The van der Waals surface area contributed by atoms with Gasteiger partial charge in [-0.15, -0.1) is 0 Å². The molecule has 0 saturated carbocycles. The second-order valence-corrected chi connectivity index (χ2v) is 4.03. The summed E-state index contributed by atoms with van der Waals surface area (Å²) in [6.07, 6.45) is 8.31. The lowest BCUT2D eigenvalue weighted by Gasteiger charge is -2.08.